The van der Waals surface area contributed by atoms with Crippen molar-refractivity contribution in [2.75, 3.05) is 7.05 Å². The molecule has 0 aliphatic heterocycles. The Balaban J connectivity index is 2.45. The lowest BCUT2D eigenvalue weighted by atomic mass is 10.0. The highest BCUT2D eigenvalue weighted by atomic mass is 79.9. The molecule has 1 aromatic heterocycles. The summed E-state index contributed by atoms with van der Waals surface area (Å²) in [6, 6.07) is 8.51. The van der Waals surface area contributed by atoms with Gasteiger partial charge in [-0.2, -0.15) is 11.3 Å². The highest BCUT2D eigenvalue weighted by Crippen LogP contribution is 2.34. The third-order valence-corrected chi connectivity index (χ3v) is 4.93. The van der Waals surface area contributed by atoms with Crippen LogP contribution in [0.1, 0.15) is 17.2 Å². The Hall–Kier alpha value is -0.160. The van der Waals surface area contributed by atoms with E-state index in [1.165, 1.54) is 11.1 Å². The van der Waals surface area contributed by atoms with Gasteiger partial charge in [0.25, 0.3) is 0 Å². The van der Waals surface area contributed by atoms with Crippen molar-refractivity contribution in [3.63, 3.8) is 0 Å². The van der Waals surface area contributed by atoms with Crippen LogP contribution in [0, 0.1) is 0 Å². The van der Waals surface area contributed by atoms with Crippen molar-refractivity contribution in [3.05, 3.63) is 55.1 Å². The summed E-state index contributed by atoms with van der Waals surface area (Å²) in [6.07, 6.45) is 0. The van der Waals surface area contributed by atoms with E-state index in [-0.39, 0.29) is 6.04 Å². The van der Waals surface area contributed by atoms with Gasteiger partial charge in [0.1, 0.15) is 0 Å². The Labute approximate surface area is 116 Å². The highest BCUT2D eigenvalue weighted by molar-refractivity contribution is 9.10. The molecule has 0 spiro atoms. The Kier molecular flexibility index (Phi) is 4.19. The molecule has 84 valence electrons. The molecule has 1 nitrogen and oxygen atoms in total. The zero-order valence-corrected chi connectivity index (χ0v) is 12.7. The van der Waals surface area contributed by atoms with Gasteiger partial charge in [0.15, 0.2) is 0 Å². The van der Waals surface area contributed by atoms with Gasteiger partial charge >= 0.3 is 0 Å². The molecule has 0 saturated heterocycles. The molecule has 2 rings (SSSR count). The van der Waals surface area contributed by atoms with Crippen molar-refractivity contribution in [1.29, 1.82) is 0 Å². The molecule has 0 bridgehead atoms. The minimum absolute atomic E-state index is 0.219. The molecule has 0 fully saturated rings. The topological polar surface area (TPSA) is 12.0 Å². The maximum atomic E-state index is 3.60. The van der Waals surface area contributed by atoms with Crippen LogP contribution in [-0.4, -0.2) is 7.05 Å². The van der Waals surface area contributed by atoms with Crippen LogP contribution in [0.25, 0.3) is 0 Å². The number of halogens is 2. The van der Waals surface area contributed by atoms with E-state index < -0.39 is 0 Å². The normalized spacial score (nSPS) is 12.7. The van der Waals surface area contributed by atoms with Crippen LogP contribution in [0.4, 0.5) is 0 Å². The predicted octanol–water partition coefficient (Wildman–Crippen LogP) is 4.58. The van der Waals surface area contributed by atoms with Gasteiger partial charge in [-0.05, 0) is 45.6 Å². The summed E-state index contributed by atoms with van der Waals surface area (Å²) < 4.78 is 2.29. The fourth-order valence-electron chi connectivity index (χ4n) is 1.69. The number of rotatable bonds is 3. The average molecular weight is 361 g/mol. The summed E-state index contributed by atoms with van der Waals surface area (Å²) in [7, 11) is 1.98. The minimum Gasteiger partial charge on any atom is -0.309 e. The van der Waals surface area contributed by atoms with E-state index in [1.54, 1.807) is 11.3 Å². The molecule has 1 heterocycles. The first-order valence-corrected chi connectivity index (χ1v) is 7.40. The van der Waals surface area contributed by atoms with E-state index in [2.05, 4.69) is 66.1 Å². The first kappa shape index (κ1) is 12.3. The molecule has 4 heteroatoms. The van der Waals surface area contributed by atoms with E-state index in [0.717, 1.165) is 8.95 Å². The van der Waals surface area contributed by atoms with E-state index in [0.29, 0.717) is 0 Å². The zero-order chi connectivity index (χ0) is 11.5. The molecular weight excluding hydrogens is 350 g/mol. The standard InChI is InChI=1S/C12H11Br2NS/c1-15-12(9-6-16-7-11(9)14)8-4-2-3-5-10(8)13/h2-7,12,15H,1H3. The van der Waals surface area contributed by atoms with Crippen LogP contribution in [0.5, 0.6) is 0 Å². The Bertz CT molecular complexity index is 481. The van der Waals surface area contributed by atoms with Crippen LogP contribution in [0.15, 0.2) is 44.0 Å². The number of hydrogen-bond donors (Lipinski definition) is 1. The van der Waals surface area contributed by atoms with E-state index in [4.69, 9.17) is 0 Å². The van der Waals surface area contributed by atoms with Gasteiger partial charge in [-0.25, -0.2) is 0 Å². The molecule has 0 aliphatic carbocycles. The predicted molar refractivity (Wildman–Crippen MR) is 77.1 cm³/mol. The highest BCUT2D eigenvalue weighted by Gasteiger charge is 2.17. The Morgan fingerprint density at radius 1 is 1.06 bits per heavy atom. The maximum Gasteiger partial charge on any atom is 0.0604 e. The summed E-state index contributed by atoms with van der Waals surface area (Å²) in [5, 5.41) is 7.63. The van der Waals surface area contributed by atoms with Gasteiger partial charge in [0.05, 0.1) is 6.04 Å². The quantitative estimate of drug-likeness (QED) is 0.844. The molecule has 16 heavy (non-hydrogen) atoms. The maximum absolute atomic E-state index is 3.60. The summed E-state index contributed by atoms with van der Waals surface area (Å²) in [5.41, 5.74) is 2.53. The van der Waals surface area contributed by atoms with Crippen LogP contribution in [0.3, 0.4) is 0 Å². The van der Waals surface area contributed by atoms with E-state index >= 15 is 0 Å². The van der Waals surface area contributed by atoms with Crippen molar-refractivity contribution < 1.29 is 0 Å². The summed E-state index contributed by atoms with van der Waals surface area (Å²) >= 11 is 8.89. The molecule has 0 amide bonds. The SMILES string of the molecule is CNC(c1ccccc1Br)c1cscc1Br. The van der Waals surface area contributed by atoms with Crippen molar-refractivity contribution in [2.45, 2.75) is 6.04 Å². The van der Waals surface area contributed by atoms with Gasteiger partial charge in [-0.1, -0.05) is 34.1 Å². The molecule has 1 aromatic carbocycles. The number of benzene rings is 1. The van der Waals surface area contributed by atoms with E-state index in [1.807, 2.05) is 13.1 Å². The molecular formula is C12H11Br2NS. The van der Waals surface area contributed by atoms with Crippen molar-refractivity contribution in [2.24, 2.45) is 0 Å². The molecule has 1 unspecified atom stereocenters. The second-order valence-electron chi connectivity index (χ2n) is 3.42. The summed E-state index contributed by atoms with van der Waals surface area (Å²) in [5.74, 6) is 0. The van der Waals surface area contributed by atoms with Gasteiger partial charge in [-0.3, -0.25) is 0 Å². The van der Waals surface area contributed by atoms with Crippen LogP contribution >= 0.6 is 43.2 Å². The molecule has 1 N–H and O–H groups in total. The first-order valence-electron chi connectivity index (χ1n) is 4.87. The second-order valence-corrected chi connectivity index (χ2v) is 5.87. The van der Waals surface area contributed by atoms with E-state index in [9.17, 15) is 0 Å². The lowest BCUT2D eigenvalue weighted by molar-refractivity contribution is 0.689. The molecule has 0 saturated carbocycles. The number of hydrogen-bond acceptors (Lipinski definition) is 2. The fraction of sp³-hybridized carbons (Fsp3) is 0.167. The van der Waals surface area contributed by atoms with Gasteiger partial charge in [0, 0.05) is 14.3 Å². The molecule has 0 aliphatic rings. The van der Waals surface area contributed by atoms with Crippen molar-refractivity contribution in [1.82, 2.24) is 5.32 Å². The van der Waals surface area contributed by atoms with Gasteiger partial charge in [-0.15, -0.1) is 0 Å². The van der Waals surface area contributed by atoms with Gasteiger partial charge in [0.2, 0.25) is 0 Å². The van der Waals surface area contributed by atoms with Crippen LogP contribution in [0.2, 0.25) is 0 Å². The average Bonchev–Trinajstić information content (AvgIpc) is 2.69. The Morgan fingerprint density at radius 2 is 1.81 bits per heavy atom. The molecule has 0 radical (unpaired) electrons. The summed E-state index contributed by atoms with van der Waals surface area (Å²) in [6.45, 7) is 0. The minimum atomic E-state index is 0.219. The zero-order valence-electron chi connectivity index (χ0n) is 8.71. The third kappa shape index (κ3) is 2.40. The van der Waals surface area contributed by atoms with Crippen LogP contribution < -0.4 is 5.32 Å². The number of nitrogens with one attached hydrogen (secondary N) is 1. The largest absolute Gasteiger partial charge is 0.309 e. The van der Waals surface area contributed by atoms with Gasteiger partial charge < -0.3 is 5.32 Å². The smallest absolute Gasteiger partial charge is 0.0604 e. The van der Waals surface area contributed by atoms with Crippen molar-refractivity contribution in [3.8, 4) is 0 Å². The fourth-order valence-corrected chi connectivity index (χ4v) is 3.75. The first-order chi connectivity index (χ1) is 7.74. The number of thiophene rings is 1. The monoisotopic (exact) mass is 359 g/mol. The lowest BCUT2D eigenvalue weighted by Crippen LogP contribution is -2.17. The third-order valence-electron chi connectivity index (χ3n) is 2.46. The van der Waals surface area contributed by atoms with Crippen molar-refractivity contribution >= 4 is 43.2 Å². The van der Waals surface area contributed by atoms with Crippen LogP contribution in [-0.2, 0) is 0 Å². The summed E-state index contributed by atoms with van der Waals surface area (Å²) in [4.78, 5) is 0. The Morgan fingerprint density at radius 3 is 2.38 bits per heavy atom. The lowest BCUT2D eigenvalue weighted by Gasteiger charge is -2.17. The molecule has 2 aromatic rings. The second kappa shape index (κ2) is 5.45. The molecule has 1 atom stereocenters.